The van der Waals surface area contributed by atoms with Crippen LogP contribution in [-0.4, -0.2) is 40.9 Å². The Morgan fingerprint density at radius 1 is 1.22 bits per heavy atom. The third-order valence-electron chi connectivity index (χ3n) is 4.45. The minimum absolute atomic E-state index is 0.283. The van der Waals surface area contributed by atoms with Crippen LogP contribution in [0.25, 0.3) is 0 Å². The second-order valence-corrected chi connectivity index (χ2v) is 5.43. The molecule has 0 spiro atoms. The number of hydrogen-bond acceptors (Lipinski definition) is 3. The summed E-state index contributed by atoms with van der Waals surface area (Å²) < 4.78 is 0. The van der Waals surface area contributed by atoms with Crippen LogP contribution >= 0.6 is 0 Å². The average Bonchev–Trinajstić information content (AvgIpc) is 2.88. The third kappa shape index (κ3) is 1.96. The quantitative estimate of drug-likeness (QED) is 0.864. The van der Waals surface area contributed by atoms with Crippen molar-refractivity contribution in [2.24, 2.45) is 0 Å². The lowest BCUT2D eigenvalue weighted by molar-refractivity contribution is -0.0828. The number of aliphatic hydroxyl groups is 1. The molecule has 3 nitrogen and oxygen atoms in total. The Hall–Kier alpha value is -0.900. The van der Waals surface area contributed by atoms with Gasteiger partial charge in [-0.3, -0.25) is 0 Å². The Bertz CT molecular complexity index is 421. The number of nitrogens with zero attached hydrogens (tertiary/aromatic N) is 2. The summed E-state index contributed by atoms with van der Waals surface area (Å²) in [5, 5.41) is 14.4. The first kappa shape index (κ1) is 12.2. The molecule has 0 bridgehead atoms. The topological polar surface area (TPSA) is 26.7 Å². The van der Waals surface area contributed by atoms with Gasteiger partial charge in [0.05, 0.1) is 6.61 Å². The molecule has 1 aromatic rings. The molecular formula is C15H22N2O. The molecule has 2 atom stereocenters. The van der Waals surface area contributed by atoms with E-state index in [9.17, 15) is 5.11 Å². The van der Waals surface area contributed by atoms with E-state index in [-0.39, 0.29) is 6.61 Å². The van der Waals surface area contributed by atoms with E-state index in [1.165, 1.54) is 17.5 Å². The normalized spacial score (nSPS) is 29.4. The summed E-state index contributed by atoms with van der Waals surface area (Å²) in [7, 11) is 0. The molecule has 2 aliphatic heterocycles. The molecule has 1 aromatic carbocycles. The summed E-state index contributed by atoms with van der Waals surface area (Å²) in [5.41, 5.74) is 2.94. The minimum Gasteiger partial charge on any atom is -0.395 e. The van der Waals surface area contributed by atoms with Crippen LogP contribution in [0.4, 0.5) is 0 Å². The number of benzene rings is 1. The lowest BCUT2D eigenvalue weighted by Gasteiger charge is -2.43. The Balaban J connectivity index is 1.84. The zero-order valence-electron chi connectivity index (χ0n) is 11.0. The van der Waals surface area contributed by atoms with Crippen LogP contribution in [0.2, 0.25) is 0 Å². The van der Waals surface area contributed by atoms with Crippen molar-refractivity contribution in [3.63, 3.8) is 0 Å². The zero-order valence-corrected chi connectivity index (χ0v) is 11.0. The van der Waals surface area contributed by atoms with Gasteiger partial charge < -0.3 is 5.11 Å². The molecule has 1 saturated heterocycles. The Morgan fingerprint density at radius 3 is 2.89 bits per heavy atom. The maximum Gasteiger partial charge on any atom is 0.0600 e. The van der Waals surface area contributed by atoms with Crippen molar-refractivity contribution in [2.75, 3.05) is 19.7 Å². The van der Waals surface area contributed by atoms with Gasteiger partial charge in [-0.2, -0.15) is 0 Å². The molecule has 1 N–H and O–H groups in total. The maximum absolute atomic E-state index is 9.48. The van der Waals surface area contributed by atoms with Gasteiger partial charge in [0.2, 0.25) is 0 Å². The van der Waals surface area contributed by atoms with Crippen molar-refractivity contribution in [1.29, 1.82) is 0 Å². The van der Waals surface area contributed by atoms with Crippen LogP contribution in [0.15, 0.2) is 24.3 Å². The zero-order chi connectivity index (χ0) is 12.5. The summed E-state index contributed by atoms with van der Waals surface area (Å²) in [5.74, 6) is 0. The monoisotopic (exact) mass is 246 g/mol. The fraction of sp³-hybridized carbons (Fsp3) is 0.600. The highest BCUT2D eigenvalue weighted by Crippen LogP contribution is 2.33. The van der Waals surface area contributed by atoms with E-state index in [0.29, 0.717) is 12.1 Å². The Morgan fingerprint density at radius 2 is 2.06 bits per heavy atom. The van der Waals surface area contributed by atoms with Crippen molar-refractivity contribution in [2.45, 2.75) is 38.3 Å². The second-order valence-electron chi connectivity index (χ2n) is 5.43. The van der Waals surface area contributed by atoms with Gasteiger partial charge in [0, 0.05) is 25.2 Å². The summed E-state index contributed by atoms with van der Waals surface area (Å²) in [4.78, 5) is 0. The van der Waals surface area contributed by atoms with Crippen LogP contribution in [0.5, 0.6) is 0 Å². The standard InChI is InChI=1S/C15H22N2O/c1-12-15-7-3-2-5-13(15)8-10-16(12)17-9-4-6-14(17)11-18/h2-3,5,7,12,14,18H,4,6,8-11H2,1H3/t12-,14+/m1/s1. The van der Waals surface area contributed by atoms with E-state index in [0.717, 1.165) is 25.9 Å². The van der Waals surface area contributed by atoms with Crippen LogP contribution in [0.1, 0.15) is 36.9 Å². The first-order chi connectivity index (χ1) is 8.81. The molecule has 3 heteroatoms. The smallest absolute Gasteiger partial charge is 0.0600 e. The molecule has 0 aromatic heterocycles. The van der Waals surface area contributed by atoms with E-state index in [1.54, 1.807) is 0 Å². The van der Waals surface area contributed by atoms with E-state index >= 15 is 0 Å². The van der Waals surface area contributed by atoms with Crippen LogP contribution in [0, 0.1) is 0 Å². The van der Waals surface area contributed by atoms with Crippen molar-refractivity contribution in [3.8, 4) is 0 Å². The lowest BCUT2D eigenvalue weighted by atomic mass is 9.95. The molecular weight excluding hydrogens is 224 g/mol. The molecule has 1 fully saturated rings. The van der Waals surface area contributed by atoms with Gasteiger partial charge >= 0.3 is 0 Å². The number of rotatable bonds is 2. The third-order valence-corrected chi connectivity index (χ3v) is 4.45. The molecule has 0 radical (unpaired) electrons. The fourth-order valence-electron chi connectivity index (χ4n) is 3.45. The molecule has 0 amide bonds. The van der Waals surface area contributed by atoms with E-state index < -0.39 is 0 Å². The van der Waals surface area contributed by atoms with Gasteiger partial charge in [0.1, 0.15) is 0 Å². The lowest BCUT2D eigenvalue weighted by Crippen LogP contribution is -2.50. The van der Waals surface area contributed by atoms with E-state index in [4.69, 9.17) is 0 Å². The van der Waals surface area contributed by atoms with Crippen molar-refractivity contribution < 1.29 is 5.11 Å². The van der Waals surface area contributed by atoms with Gasteiger partial charge in [-0.25, -0.2) is 10.0 Å². The summed E-state index contributed by atoms with van der Waals surface area (Å²) >= 11 is 0. The highest BCUT2D eigenvalue weighted by atomic mass is 16.3. The number of fused-ring (bicyclic) bond motifs is 1. The maximum atomic E-state index is 9.48. The average molecular weight is 246 g/mol. The summed E-state index contributed by atoms with van der Waals surface area (Å²) in [6.45, 7) is 4.74. The van der Waals surface area contributed by atoms with E-state index in [2.05, 4.69) is 41.2 Å². The Kier molecular flexibility index (Phi) is 3.37. The predicted molar refractivity (Wildman–Crippen MR) is 72.1 cm³/mol. The van der Waals surface area contributed by atoms with E-state index in [1.807, 2.05) is 0 Å². The summed E-state index contributed by atoms with van der Waals surface area (Å²) in [6.07, 6.45) is 3.45. The number of aliphatic hydroxyl groups excluding tert-OH is 1. The number of hydrazine groups is 1. The van der Waals surface area contributed by atoms with Gasteiger partial charge in [0.15, 0.2) is 0 Å². The molecule has 2 heterocycles. The molecule has 98 valence electrons. The van der Waals surface area contributed by atoms with Gasteiger partial charge in [-0.05, 0) is 37.3 Å². The van der Waals surface area contributed by atoms with Gasteiger partial charge in [-0.15, -0.1) is 0 Å². The molecule has 0 aliphatic carbocycles. The number of hydrogen-bond donors (Lipinski definition) is 1. The molecule has 18 heavy (non-hydrogen) atoms. The van der Waals surface area contributed by atoms with Crippen LogP contribution in [-0.2, 0) is 6.42 Å². The highest BCUT2D eigenvalue weighted by Gasteiger charge is 2.34. The fourth-order valence-corrected chi connectivity index (χ4v) is 3.45. The molecule has 0 saturated carbocycles. The van der Waals surface area contributed by atoms with Crippen LogP contribution < -0.4 is 0 Å². The van der Waals surface area contributed by atoms with Crippen LogP contribution in [0.3, 0.4) is 0 Å². The minimum atomic E-state index is 0.283. The predicted octanol–water partition coefficient (Wildman–Crippen LogP) is 1.98. The molecule has 3 rings (SSSR count). The highest BCUT2D eigenvalue weighted by molar-refractivity contribution is 5.31. The largest absolute Gasteiger partial charge is 0.395 e. The summed E-state index contributed by atoms with van der Waals surface area (Å²) in [6, 6.07) is 9.52. The first-order valence-corrected chi connectivity index (χ1v) is 7.03. The van der Waals surface area contributed by atoms with Gasteiger partial charge in [-0.1, -0.05) is 24.3 Å². The molecule has 0 unspecified atom stereocenters. The Labute approximate surface area is 109 Å². The van der Waals surface area contributed by atoms with Crippen molar-refractivity contribution in [1.82, 2.24) is 10.0 Å². The second kappa shape index (κ2) is 5.00. The van der Waals surface area contributed by atoms with Crippen molar-refractivity contribution >= 4 is 0 Å². The first-order valence-electron chi connectivity index (χ1n) is 7.03. The molecule has 2 aliphatic rings. The van der Waals surface area contributed by atoms with Gasteiger partial charge in [0.25, 0.3) is 0 Å². The SMILES string of the molecule is C[C@@H]1c2ccccc2CCN1N1CCC[C@H]1CO. The van der Waals surface area contributed by atoms with Crippen molar-refractivity contribution in [3.05, 3.63) is 35.4 Å².